The molecule has 0 bridgehead atoms. The summed E-state index contributed by atoms with van der Waals surface area (Å²) in [6.45, 7) is 4.50. The zero-order valence-electron chi connectivity index (χ0n) is 9.78. The van der Waals surface area contributed by atoms with Crippen LogP contribution < -0.4 is 0 Å². The number of benzene rings is 2. The third-order valence-corrected chi connectivity index (χ3v) is 3.39. The van der Waals surface area contributed by atoms with Crippen molar-refractivity contribution in [1.82, 2.24) is 0 Å². The molecule has 2 aromatic rings. The van der Waals surface area contributed by atoms with E-state index in [0.717, 1.165) is 0 Å². The molecule has 0 N–H and O–H groups in total. The predicted molar refractivity (Wildman–Crippen MR) is 75.4 cm³/mol. The summed E-state index contributed by atoms with van der Waals surface area (Å²) in [7, 11) is 0. The van der Waals surface area contributed by atoms with Gasteiger partial charge in [-0.1, -0.05) is 72.2 Å². The molecular formula is C15H17Br. The molecule has 0 aliphatic carbocycles. The minimum Gasteiger partial charge on any atom is -0.0893 e. The molecule has 2 atom stereocenters. The van der Waals surface area contributed by atoms with Crippen LogP contribution in [0.4, 0.5) is 0 Å². The number of fused-ring (bicyclic) bond motifs is 1. The fraction of sp³-hybridized carbons (Fsp3) is 0.333. The van der Waals surface area contributed by atoms with Gasteiger partial charge in [-0.05, 0) is 28.7 Å². The van der Waals surface area contributed by atoms with E-state index in [4.69, 9.17) is 0 Å². The van der Waals surface area contributed by atoms with Crippen LogP contribution in [0.1, 0.15) is 31.7 Å². The smallest absolute Gasteiger partial charge is 0.0123 e. The van der Waals surface area contributed by atoms with Crippen LogP contribution in [0.2, 0.25) is 0 Å². The van der Waals surface area contributed by atoms with Gasteiger partial charge in [-0.3, -0.25) is 0 Å². The molecule has 16 heavy (non-hydrogen) atoms. The van der Waals surface area contributed by atoms with Crippen molar-refractivity contribution in [3.05, 3.63) is 48.0 Å². The highest BCUT2D eigenvalue weighted by molar-refractivity contribution is 9.09. The molecule has 0 fully saturated rings. The maximum absolute atomic E-state index is 3.62. The van der Waals surface area contributed by atoms with Gasteiger partial charge in [0.05, 0.1) is 0 Å². The third-order valence-electron chi connectivity index (χ3n) is 3.02. The summed E-state index contributed by atoms with van der Waals surface area (Å²) < 4.78 is 0. The Morgan fingerprint density at radius 2 is 1.69 bits per heavy atom. The molecule has 0 aliphatic heterocycles. The van der Waals surface area contributed by atoms with Gasteiger partial charge in [0.25, 0.3) is 0 Å². The monoisotopic (exact) mass is 276 g/mol. The van der Waals surface area contributed by atoms with E-state index in [1.165, 1.54) is 22.8 Å². The van der Waals surface area contributed by atoms with Crippen molar-refractivity contribution < 1.29 is 0 Å². The first-order valence-corrected chi connectivity index (χ1v) is 6.71. The quantitative estimate of drug-likeness (QED) is 0.683. The zero-order valence-corrected chi connectivity index (χ0v) is 11.4. The topological polar surface area (TPSA) is 0 Å². The van der Waals surface area contributed by atoms with Crippen LogP contribution in [-0.4, -0.2) is 4.83 Å². The Morgan fingerprint density at radius 1 is 1.00 bits per heavy atom. The average molecular weight is 277 g/mol. The fourth-order valence-corrected chi connectivity index (χ4v) is 2.70. The molecule has 2 unspecified atom stereocenters. The normalized spacial score (nSPS) is 14.9. The summed E-state index contributed by atoms with van der Waals surface area (Å²) in [6.07, 6.45) is 1.18. The van der Waals surface area contributed by atoms with Crippen molar-refractivity contribution in [2.45, 2.75) is 31.0 Å². The van der Waals surface area contributed by atoms with E-state index in [1.54, 1.807) is 0 Å². The molecular weight excluding hydrogens is 260 g/mol. The molecule has 0 aromatic heterocycles. The Hall–Kier alpha value is -0.820. The summed E-state index contributed by atoms with van der Waals surface area (Å²) in [6, 6.07) is 15.3. The lowest BCUT2D eigenvalue weighted by Crippen LogP contribution is -2.00. The Balaban J connectivity index is 2.32. The van der Waals surface area contributed by atoms with Gasteiger partial charge in [0.1, 0.15) is 0 Å². The van der Waals surface area contributed by atoms with Crippen molar-refractivity contribution in [2.75, 3.05) is 0 Å². The van der Waals surface area contributed by atoms with Crippen LogP contribution in [0.25, 0.3) is 10.8 Å². The standard InChI is InChI=1S/C15H17Br/c1-11(9-12(2)16)14-8-7-13-5-3-4-6-15(13)10-14/h3-8,10-12H,9H2,1-2H3. The Bertz CT molecular complexity index is 474. The molecule has 2 aromatic carbocycles. The largest absolute Gasteiger partial charge is 0.0893 e. The Kier molecular flexibility index (Phi) is 3.65. The van der Waals surface area contributed by atoms with Gasteiger partial charge in [-0.15, -0.1) is 0 Å². The SMILES string of the molecule is CC(Br)CC(C)c1ccc2ccccc2c1. The highest BCUT2D eigenvalue weighted by Crippen LogP contribution is 2.26. The Labute approximate surface area is 106 Å². The summed E-state index contributed by atoms with van der Waals surface area (Å²) in [4.78, 5) is 0.578. The summed E-state index contributed by atoms with van der Waals surface area (Å²) in [5.74, 6) is 0.610. The van der Waals surface area contributed by atoms with Crippen LogP contribution in [0.5, 0.6) is 0 Å². The summed E-state index contributed by atoms with van der Waals surface area (Å²) >= 11 is 3.62. The predicted octanol–water partition coefficient (Wildman–Crippen LogP) is 5.12. The van der Waals surface area contributed by atoms with Gasteiger partial charge in [0.2, 0.25) is 0 Å². The molecule has 0 saturated heterocycles. The number of hydrogen-bond acceptors (Lipinski definition) is 0. The second kappa shape index (κ2) is 5.01. The van der Waals surface area contributed by atoms with E-state index in [0.29, 0.717) is 10.7 Å². The van der Waals surface area contributed by atoms with Gasteiger partial charge in [-0.25, -0.2) is 0 Å². The van der Waals surface area contributed by atoms with Crippen LogP contribution in [0.15, 0.2) is 42.5 Å². The highest BCUT2D eigenvalue weighted by Gasteiger charge is 2.08. The maximum atomic E-state index is 3.62. The molecule has 0 spiro atoms. The molecule has 0 aliphatic rings. The van der Waals surface area contributed by atoms with E-state index in [2.05, 4.69) is 72.2 Å². The number of alkyl halides is 1. The van der Waals surface area contributed by atoms with E-state index in [-0.39, 0.29) is 0 Å². The van der Waals surface area contributed by atoms with Crippen molar-refractivity contribution >= 4 is 26.7 Å². The molecule has 2 rings (SSSR count). The van der Waals surface area contributed by atoms with Crippen molar-refractivity contribution in [1.29, 1.82) is 0 Å². The molecule has 0 heterocycles. The average Bonchev–Trinajstić information content (AvgIpc) is 2.27. The van der Waals surface area contributed by atoms with Gasteiger partial charge in [0.15, 0.2) is 0 Å². The minimum atomic E-state index is 0.578. The van der Waals surface area contributed by atoms with Crippen LogP contribution in [0.3, 0.4) is 0 Å². The first kappa shape index (κ1) is 11.7. The fourth-order valence-electron chi connectivity index (χ4n) is 2.14. The van der Waals surface area contributed by atoms with Gasteiger partial charge < -0.3 is 0 Å². The van der Waals surface area contributed by atoms with Crippen molar-refractivity contribution in [2.24, 2.45) is 0 Å². The summed E-state index contributed by atoms with van der Waals surface area (Å²) in [5, 5.41) is 2.67. The lowest BCUT2D eigenvalue weighted by molar-refractivity contribution is 0.682. The van der Waals surface area contributed by atoms with Crippen molar-refractivity contribution in [3.8, 4) is 0 Å². The van der Waals surface area contributed by atoms with Crippen LogP contribution in [-0.2, 0) is 0 Å². The third kappa shape index (κ3) is 2.65. The molecule has 0 radical (unpaired) electrons. The van der Waals surface area contributed by atoms with E-state index >= 15 is 0 Å². The minimum absolute atomic E-state index is 0.578. The summed E-state index contributed by atoms with van der Waals surface area (Å²) in [5.41, 5.74) is 1.44. The number of halogens is 1. The number of rotatable bonds is 3. The molecule has 0 nitrogen and oxygen atoms in total. The number of hydrogen-bond donors (Lipinski definition) is 0. The molecule has 0 amide bonds. The second-order valence-electron chi connectivity index (χ2n) is 4.52. The van der Waals surface area contributed by atoms with Gasteiger partial charge in [-0.2, -0.15) is 0 Å². The molecule has 0 saturated carbocycles. The Morgan fingerprint density at radius 3 is 2.38 bits per heavy atom. The maximum Gasteiger partial charge on any atom is 0.0123 e. The van der Waals surface area contributed by atoms with Crippen LogP contribution >= 0.6 is 15.9 Å². The first-order valence-electron chi connectivity index (χ1n) is 5.79. The lowest BCUT2D eigenvalue weighted by Gasteiger charge is -2.14. The van der Waals surface area contributed by atoms with Crippen molar-refractivity contribution in [3.63, 3.8) is 0 Å². The van der Waals surface area contributed by atoms with Crippen LogP contribution in [0, 0.1) is 0 Å². The lowest BCUT2D eigenvalue weighted by atomic mass is 9.94. The highest BCUT2D eigenvalue weighted by atomic mass is 79.9. The first-order chi connectivity index (χ1) is 7.66. The van der Waals surface area contributed by atoms with E-state index in [1.807, 2.05) is 0 Å². The molecule has 84 valence electrons. The van der Waals surface area contributed by atoms with Gasteiger partial charge >= 0.3 is 0 Å². The van der Waals surface area contributed by atoms with Gasteiger partial charge in [0, 0.05) is 4.83 Å². The zero-order chi connectivity index (χ0) is 11.5. The van der Waals surface area contributed by atoms with E-state index in [9.17, 15) is 0 Å². The van der Waals surface area contributed by atoms with E-state index < -0.39 is 0 Å². The second-order valence-corrected chi connectivity index (χ2v) is 6.09. The molecule has 1 heteroatoms.